The first-order valence-electron chi connectivity index (χ1n) is 5.76. The van der Waals surface area contributed by atoms with Crippen molar-refractivity contribution in [2.45, 2.75) is 13.2 Å². The molecule has 0 unspecified atom stereocenters. The van der Waals surface area contributed by atoms with E-state index in [-0.39, 0.29) is 12.4 Å². The second kappa shape index (κ2) is 6.43. The van der Waals surface area contributed by atoms with E-state index < -0.39 is 6.61 Å². The molecule has 0 fully saturated rings. The van der Waals surface area contributed by atoms with Crippen molar-refractivity contribution in [1.29, 1.82) is 0 Å². The lowest BCUT2D eigenvalue weighted by atomic mass is 10.2. The average molecular weight is 300 g/mol. The van der Waals surface area contributed by atoms with Gasteiger partial charge in [-0.2, -0.15) is 8.78 Å². The summed E-state index contributed by atoms with van der Waals surface area (Å²) in [5.41, 5.74) is 6.61. The Morgan fingerprint density at radius 2 is 1.80 bits per heavy atom. The Morgan fingerprint density at radius 3 is 2.45 bits per heavy atom. The van der Waals surface area contributed by atoms with Crippen molar-refractivity contribution in [2.75, 3.05) is 5.73 Å². The second-order valence-electron chi connectivity index (χ2n) is 3.99. The van der Waals surface area contributed by atoms with Crippen molar-refractivity contribution in [1.82, 2.24) is 0 Å². The maximum Gasteiger partial charge on any atom is 0.387 e. The SMILES string of the molecule is Nc1ccc(OCc2cc(Cl)ccc2OC(F)F)cc1. The van der Waals surface area contributed by atoms with Crippen molar-refractivity contribution < 1.29 is 18.3 Å². The van der Waals surface area contributed by atoms with Crippen LogP contribution in [-0.2, 0) is 6.61 Å². The first kappa shape index (κ1) is 14.4. The van der Waals surface area contributed by atoms with E-state index in [1.54, 1.807) is 24.3 Å². The number of nitrogens with two attached hydrogens (primary N) is 1. The maximum absolute atomic E-state index is 12.3. The molecule has 0 saturated carbocycles. The molecule has 0 aliphatic heterocycles. The topological polar surface area (TPSA) is 44.5 Å². The van der Waals surface area contributed by atoms with E-state index in [9.17, 15) is 8.78 Å². The largest absolute Gasteiger partial charge is 0.489 e. The van der Waals surface area contributed by atoms with Gasteiger partial charge >= 0.3 is 6.61 Å². The number of halogens is 3. The molecule has 0 aliphatic carbocycles. The Kier molecular flexibility index (Phi) is 4.63. The standard InChI is InChI=1S/C14H12ClF2NO2/c15-10-1-6-13(20-14(16)17)9(7-10)8-19-12-4-2-11(18)3-5-12/h1-7,14H,8,18H2. The molecule has 20 heavy (non-hydrogen) atoms. The van der Waals surface area contributed by atoms with Gasteiger partial charge in [0.15, 0.2) is 0 Å². The van der Waals surface area contributed by atoms with Crippen LogP contribution in [0.15, 0.2) is 42.5 Å². The van der Waals surface area contributed by atoms with Crippen LogP contribution in [0.4, 0.5) is 14.5 Å². The van der Waals surface area contributed by atoms with Gasteiger partial charge < -0.3 is 15.2 Å². The lowest BCUT2D eigenvalue weighted by Crippen LogP contribution is -2.06. The molecule has 0 amide bonds. The summed E-state index contributed by atoms with van der Waals surface area (Å²) in [5.74, 6) is 0.613. The minimum absolute atomic E-state index is 0.0415. The van der Waals surface area contributed by atoms with Crippen LogP contribution >= 0.6 is 11.6 Å². The molecule has 0 bridgehead atoms. The van der Waals surface area contributed by atoms with Crippen molar-refractivity contribution in [3.63, 3.8) is 0 Å². The van der Waals surface area contributed by atoms with Crippen LogP contribution in [0.25, 0.3) is 0 Å². The zero-order valence-corrected chi connectivity index (χ0v) is 11.1. The smallest absolute Gasteiger partial charge is 0.387 e. The minimum atomic E-state index is -2.90. The van der Waals surface area contributed by atoms with Gasteiger partial charge in [-0.05, 0) is 42.5 Å². The normalized spacial score (nSPS) is 10.6. The van der Waals surface area contributed by atoms with Gasteiger partial charge in [0.2, 0.25) is 0 Å². The van der Waals surface area contributed by atoms with Gasteiger partial charge in [0.25, 0.3) is 0 Å². The molecule has 2 aromatic rings. The Labute approximate surface area is 119 Å². The van der Waals surface area contributed by atoms with Gasteiger partial charge in [0, 0.05) is 16.3 Å². The van der Waals surface area contributed by atoms with Gasteiger partial charge in [-0.15, -0.1) is 0 Å². The lowest BCUT2D eigenvalue weighted by Gasteiger charge is -2.12. The molecule has 0 radical (unpaired) electrons. The first-order chi connectivity index (χ1) is 9.54. The summed E-state index contributed by atoms with van der Waals surface area (Å²) in [6.45, 7) is -2.83. The van der Waals surface area contributed by atoms with Crippen LogP contribution in [0.1, 0.15) is 5.56 Å². The summed E-state index contributed by atoms with van der Waals surface area (Å²) >= 11 is 5.84. The maximum atomic E-state index is 12.3. The van der Waals surface area contributed by atoms with Gasteiger partial charge in [0.05, 0.1) is 0 Å². The van der Waals surface area contributed by atoms with Gasteiger partial charge in [-0.3, -0.25) is 0 Å². The number of hydrogen-bond donors (Lipinski definition) is 1. The second-order valence-corrected chi connectivity index (χ2v) is 4.42. The van der Waals surface area contributed by atoms with Crippen LogP contribution in [-0.4, -0.2) is 6.61 Å². The Morgan fingerprint density at radius 1 is 1.10 bits per heavy atom. The number of alkyl halides is 2. The summed E-state index contributed by atoms with van der Waals surface area (Å²) in [5, 5.41) is 0.419. The molecule has 2 rings (SSSR count). The van der Waals surface area contributed by atoms with Gasteiger partial charge in [-0.1, -0.05) is 11.6 Å². The van der Waals surface area contributed by atoms with Gasteiger partial charge in [0.1, 0.15) is 18.1 Å². The summed E-state index contributed by atoms with van der Waals surface area (Å²) < 4.78 is 34.5. The van der Waals surface area contributed by atoms with E-state index in [4.69, 9.17) is 22.1 Å². The zero-order chi connectivity index (χ0) is 14.5. The Balaban J connectivity index is 2.11. The number of anilines is 1. The van der Waals surface area contributed by atoms with Gasteiger partial charge in [-0.25, -0.2) is 0 Å². The molecular formula is C14H12ClF2NO2. The molecule has 3 nitrogen and oxygen atoms in total. The van der Waals surface area contributed by atoms with E-state index in [2.05, 4.69) is 4.74 Å². The number of nitrogen functional groups attached to an aromatic ring is 1. The monoisotopic (exact) mass is 299 g/mol. The average Bonchev–Trinajstić information content (AvgIpc) is 2.40. The molecule has 6 heteroatoms. The van der Waals surface area contributed by atoms with E-state index in [1.807, 2.05) is 0 Å². The number of ether oxygens (including phenoxy) is 2. The van der Waals surface area contributed by atoms with E-state index >= 15 is 0 Å². The van der Waals surface area contributed by atoms with Crippen LogP contribution in [0.2, 0.25) is 5.02 Å². The third kappa shape index (κ3) is 3.99. The van der Waals surface area contributed by atoms with Crippen LogP contribution in [0.5, 0.6) is 11.5 Å². The van der Waals surface area contributed by atoms with Crippen molar-refractivity contribution in [2.24, 2.45) is 0 Å². The molecule has 0 saturated heterocycles. The molecule has 0 spiro atoms. The summed E-state index contributed by atoms with van der Waals surface area (Å²) in [6.07, 6.45) is 0. The van der Waals surface area contributed by atoms with Crippen LogP contribution in [0.3, 0.4) is 0 Å². The summed E-state index contributed by atoms with van der Waals surface area (Å²) in [7, 11) is 0. The summed E-state index contributed by atoms with van der Waals surface area (Å²) in [6, 6.07) is 11.1. The quantitative estimate of drug-likeness (QED) is 0.845. The molecule has 0 atom stereocenters. The van der Waals surface area contributed by atoms with E-state index in [0.29, 0.717) is 22.0 Å². The van der Waals surface area contributed by atoms with Crippen molar-refractivity contribution in [3.8, 4) is 11.5 Å². The summed E-state index contributed by atoms with van der Waals surface area (Å²) in [4.78, 5) is 0. The fraction of sp³-hybridized carbons (Fsp3) is 0.143. The molecule has 0 aromatic heterocycles. The highest BCUT2D eigenvalue weighted by atomic mass is 35.5. The zero-order valence-electron chi connectivity index (χ0n) is 10.4. The molecule has 0 heterocycles. The lowest BCUT2D eigenvalue weighted by molar-refractivity contribution is -0.0508. The van der Waals surface area contributed by atoms with Crippen LogP contribution in [0, 0.1) is 0 Å². The van der Waals surface area contributed by atoms with Crippen molar-refractivity contribution in [3.05, 3.63) is 53.1 Å². The Hall–Kier alpha value is -2.01. The van der Waals surface area contributed by atoms with Crippen molar-refractivity contribution >= 4 is 17.3 Å². The third-order valence-corrected chi connectivity index (χ3v) is 2.75. The highest BCUT2D eigenvalue weighted by molar-refractivity contribution is 6.30. The predicted molar refractivity (Wildman–Crippen MR) is 73.3 cm³/mol. The molecule has 2 N–H and O–H groups in total. The molecule has 0 aliphatic rings. The van der Waals surface area contributed by atoms with E-state index in [1.165, 1.54) is 18.2 Å². The van der Waals surface area contributed by atoms with Crippen LogP contribution < -0.4 is 15.2 Å². The number of rotatable bonds is 5. The minimum Gasteiger partial charge on any atom is -0.489 e. The fourth-order valence-corrected chi connectivity index (χ4v) is 1.79. The molecule has 2 aromatic carbocycles. The van der Waals surface area contributed by atoms with E-state index in [0.717, 1.165) is 0 Å². The first-order valence-corrected chi connectivity index (χ1v) is 6.14. The highest BCUT2D eigenvalue weighted by Gasteiger charge is 2.11. The molecular weight excluding hydrogens is 288 g/mol. The molecule has 106 valence electrons. The Bertz CT molecular complexity index is 576. The fourth-order valence-electron chi connectivity index (χ4n) is 1.60. The third-order valence-electron chi connectivity index (χ3n) is 2.51. The number of hydrogen-bond acceptors (Lipinski definition) is 3. The number of benzene rings is 2. The predicted octanol–water partition coefficient (Wildman–Crippen LogP) is 4.10. The highest BCUT2D eigenvalue weighted by Crippen LogP contribution is 2.26.